The average Bonchev–Trinajstić information content (AvgIpc) is 2.53. The number of benzene rings is 1. The average molecular weight is 434 g/mol. The Bertz CT molecular complexity index is 813. The van der Waals surface area contributed by atoms with Gasteiger partial charge in [-0.1, -0.05) is 29.3 Å². The highest BCUT2D eigenvalue weighted by Crippen LogP contribution is 2.27. The maximum Gasteiger partial charge on any atom is 0.291 e. The highest BCUT2D eigenvalue weighted by atomic mass is 35.5. The molecular weight excluding hydrogens is 415 g/mol. The molecule has 2 rings (SSSR count). The first-order chi connectivity index (χ1) is 12.7. The Morgan fingerprint density at radius 2 is 1.85 bits per heavy atom. The van der Waals surface area contributed by atoms with Gasteiger partial charge in [-0.25, -0.2) is 9.97 Å². The number of nitrogens with zero attached hydrogens (tertiary/aromatic N) is 2. The lowest BCUT2D eigenvalue weighted by Crippen LogP contribution is -2.27. The summed E-state index contributed by atoms with van der Waals surface area (Å²) in [5.41, 5.74) is 2.78. The van der Waals surface area contributed by atoms with E-state index in [-0.39, 0.29) is 23.5 Å². The van der Waals surface area contributed by atoms with Gasteiger partial charge in [-0.2, -0.15) is 8.78 Å². The van der Waals surface area contributed by atoms with Crippen molar-refractivity contribution in [2.75, 3.05) is 0 Å². The van der Waals surface area contributed by atoms with Crippen molar-refractivity contribution < 1.29 is 13.6 Å². The molecule has 1 heterocycles. The monoisotopic (exact) mass is 433 g/mol. The van der Waals surface area contributed by atoms with Crippen LogP contribution in [0.1, 0.15) is 41.9 Å². The van der Waals surface area contributed by atoms with E-state index < -0.39 is 5.76 Å². The number of amides is 1. The second kappa shape index (κ2) is 9.66. The Hall–Kier alpha value is -1.44. The molecule has 0 aliphatic carbocycles. The topological polar surface area (TPSA) is 54.9 Å². The van der Waals surface area contributed by atoms with Gasteiger partial charge in [0, 0.05) is 27.9 Å². The molecule has 1 aromatic heterocycles. The number of halogens is 4. The predicted octanol–water partition coefficient (Wildman–Crippen LogP) is 5.52. The van der Waals surface area contributed by atoms with Crippen molar-refractivity contribution >= 4 is 40.9 Å². The largest absolute Gasteiger partial charge is 0.350 e. The molecule has 0 spiro atoms. The number of rotatable bonds is 7. The molecule has 1 aromatic carbocycles. The smallest absolute Gasteiger partial charge is 0.291 e. The first kappa shape index (κ1) is 21.9. The lowest BCUT2D eigenvalue weighted by molar-refractivity contribution is -0.121. The van der Waals surface area contributed by atoms with Gasteiger partial charge in [0.25, 0.3) is 5.76 Å². The van der Waals surface area contributed by atoms with E-state index in [4.69, 9.17) is 23.2 Å². The van der Waals surface area contributed by atoms with Crippen LogP contribution in [-0.2, 0) is 11.2 Å². The quantitative estimate of drug-likeness (QED) is 0.460. The van der Waals surface area contributed by atoms with Gasteiger partial charge in [-0.05, 0) is 62.2 Å². The van der Waals surface area contributed by atoms with Crippen molar-refractivity contribution in [3.63, 3.8) is 0 Å². The molecule has 2 aromatic rings. The van der Waals surface area contributed by atoms with Crippen molar-refractivity contribution in [2.45, 2.75) is 50.6 Å². The Labute approximate surface area is 171 Å². The van der Waals surface area contributed by atoms with Crippen molar-refractivity contribution in [2.24, 2.45) is 0 Å². The highest BCUT2D eigenvalue weighted by Gasteiger charge is 2.16. The number of alkyl halides is 2. The number of carbonyl (C=O) groups excluding carboxylic acids is 1. The first-order valence-corrected chi connectivity index (χ1v) is 9.84. The van der Waals surface area contributed by atoms with Gasteiger partial charge in [0.15, 0.2) is 5.16 Å². The van der Waals surface area contributed by atoms with Crippen molar-refractivity contribution in [1.29, 1.82) is 0 Å². The van der Waals surface area contributed by atoms with E-state index in [1.54, 1.807) is 32.0 Å². The van der Waals surface area contributed by atoms with Crippen LogP contribution in [0.4, 0.5) is 8.78 Å². The standard InChI is InChI=1S/C18H19Cl2F2N3OS/c1-9-13(10(2)25-18(24-9)27-17(21)22)6-7-16(26)23-11(3)14-5-4-12(19)8-15(14)20/h4-5,8,11,17H,6-7H2,1-3H3,(H,23,26). The molecule has 0 radical (unpaired) electrons. The van der Waals surface area contributed by atoms with E-state index in [9.17, 15) is 13.6 Å². The summed E-state index contributed by atoms with van der Waals surface area (Å²) in [7, 11) is 0. The maximum atomic E-state index is 12.5. The fraction of sp³-hybridized carbons (Fsp3) is 0.389. The van der Waals surface area contributed by atoms with E-state index in [1.165, 1.54) is 0 Å². The van der Waals surface area contributed by atoms with Crippen LogP contribution >= 0.6 is 35.0 Å². The van der Waals surface area contributed by atoms with Gasteiger partial charge in [-0.15, -0.1) is 0 Å². The molecule has 1 unspecified atom stereocenters. The summed E-state index contributed by atoms with van der Waals surface area (Å²) in [6.07, 6.45) is 0.645. The van der Waals surface area contributed by atoms with Crippen LogP contribution in [0.2, 0.25) is 10.0 Å². The fourth-order valence-electron chi connectivity index (χ4n) is 2.69. The summed E-state index contributed by atoms with van der Waals surface area (Å²) in [5.74, 6) is -2.72. The third-order valence-electron chi connectivity index (χ3n) is 4.00. The van der Waals surface area contributed by atoms with Crippen LogP contribution < -0.4 is 5.32 Å². The molecule has 4 nitrogen and oxygen atoms in total. The molecule has 1 N–H and O–H groups in total. The van der Waals surface area contributed by atoms with Crippen LogP contribution in [0.15, 0.2) is 23.4 Å². The minimum Gasteiger partial charge on any atom is -0.350 e. The summed E-state index contributed by atoms with van der Waals surface area (Å²) in [5, 5.41) is 3.95. The van der Waals surface area contributed by atoms with Gasteiger partial charge < -0.3 is 5.32 Å². The normalized spacial score (nSPS) is 12.3. The van der Waals surface area contributed by atoms with Crippen LogP contribution in [0, 0.1) is 13.8 Å². The fourth-order valence-corrected chi connectivity index (χ4v) is 3.80. The molecule has 1 atom stereocenters. The van der Waals surface area contributed by atoms with Gasteiger partial charge >= 0.3 is 0 Å². The molecule has 0 saturated heterocycles. The van der Waals surface area contributed by atoms with E-state index in [0.717, 1.165) is 11.1 Å². The van der Waals surface area contributed by atoms with Gasteiger partial charge in [-0.3, -0.25) is 4.79 Å². The second-order valence-electron chi connectivity index (χ2n) is 5.99. The SMILES string of the molecule is Cc1nc(SC(F)F)nc(C)c1CCC(=O)NC(C)c1ccc(Cl)cc1Cl. The third-order valence-corrected chi connectivity index (χ3v) is 5.14. The van der Waals surface area contributed by atoms with Gasteiger partial charge in [0.2, 0.25) is 5.91 Å². The molecule has 0 bridgehead atoms. The minimum atomic E-state index is -2.57. The maximum absolute atomic E-state index is 12.5. The number of aryl methyl sites for hydroxylation is 2. The predicted molar refractivity (Wildman–Crippen MR) is 105 cm³/mol. The number of aromatic nitrogens is 2. The first-order valence-electron chi connectivity index (χ1n) is 8.20. The zero-order valence-electron chi connectivity index (χ0n) is 15.0. The number of carbonyl (C=O) groups is 1. The van der Waals surface area contributed by atoms with E-state index in [1.807, 2.05) is 6.92 Å². The summed E-state index contributed by atoms with van der Waals surface area (Å²) in [4.78, 5) is 20.5. The number of hydrogen-bond donors (Lipinski definition) is 1. The van der Waals surface area contributed by atoms with Crippen molar-refractivity contribution in [3.8, 4) is 0 Å². The number of hydrogen-bond acceptors (Lipinski definition) is 4. The van der Waals surface area contributed by atoms with E-state index >= 15 is 0 Å². The Kier molecular flexibility index (Phi) is 7.82. The number of nitrogens with one attached hydrogen (secondary N) is 1. The summed E-state index contributed by atoms with van der Waals surface area (Å²) < 4.78 is 24.9. The molecular formula is C18H19Cl2F2N3OS. The summed E-state index contributed by atoms with van der Waals surface area (Å²) in [6, 6.07) is 4.85. The molecule has 0 saturated carbocycles. The van der Waals surface area contributed by atoms with Gasteiger partial charge in [0.05, 0.1) is 6.04 Å². The van der Waals surface area contributed by atoms with Crippen LogP contribution in [0.3, 0.4) is 0 Å². The van der Waals surface area contributed by atoms with E-state index in [2.05, 4.69) is 15.3 Å². The Morgan fingerprint density at radius 3 is 2.41 bits per heavy atom. The van der Waals surface area contributed by atoms with Crippen molar-refractivity contribution in [3.05, 3.63) is 50.8 Å². The molecule has 27 heavy (non-hydrogen) atoms. The molecule has 146 valence electrons. The summed E-state index contributed by atoms with van der Waals surface area (Å²) in [6.45, 7) is 5.30. The lowest BCUT2D eigenvalue weighted by Gasteiger charge is -2.16. The van der Waals surface area contributed by atoms with Crippen LogP contribution in [0.25, 0.3) is 0 Å². The molecule has 0 fully saturated rings. The molecule has 9 heteroatoms. The third kappa shape index (κ3) is 6.30. The minimum absolute atomic E-state index is 0.0409. The summed E-state index contributed by atoms with van der Waals surface area (Å²) >= 11 is 12.4. The molecule has 0 aliphatic heterocycles. The highest BCUT2D eigenvalue weighted by molar-refractivity contribution is 7.99. The Morgan fingerprint density at radius 1 is 1.22 bits per heavy atom. The zero-order valence-corrected chi connectivity index (χ0v) is 17.4. The lowest BCUT2D eigenvalue weighted by atomic mass is 10.1. The molecule has 1 amide bonds. The van der Waals surface area contributed by atoms with Gasteiger partial charge in [0.1, 0.15) is 0 Å². The Balaban J connectivity index is 1.99. The number of thioether (sulfide) groups is 1. The molecule has 0 aliphatic rings. The second-order valence-corrected chi connectivity index (χ2v) is 7.79. The zero-order chi connectivity index (χ0) is 20.1. The van der Waals surface area contributed by atoms with Crippen molar-refractivity contribution in [1.82, 2.24) is 15.3 Å². The van der Waals surface area contributed by atoms with Crippen LogP contribution in [-0.4, -0.2) is 21.6 Å². The van der Waals surface area contributed by atoms with Crippen LogP contribution in [0.5, 0.6) is 0 Å². The van der Waals surface area contributed by atoms with E-state index in [0.29, 0.717) is 39.6 Å².